The molecular formula is C22H19Cl2FN2O3S. The van der Waals surface area contributed by atoms with E-state index in [9.17, 15) is 14.0 Å². The lowest BCUT2D eigenvalue weighted by Gasteiger charge is -2.18. The number of halogens is 3. The minimum atomic E-state index is -0.869. The zero-order valence-corrected chi connectivity index (χ0v) is 18.9. The summed E-state index contributed by atoms with van der Waals surface area (Å²) in [5, 5.41) is 3.62. The fourth-order valence-electron chi connectivity index (χ4n) is 2.96. The molecule has 0 fully saturated rings. The summed E-state index contributed by atoms with van der Waals surface area (Å²) in [5.74, 6) is -0.863. The zero-order chi connectivity index (χ0) is 22.4. The van der Waals surface area contributed by atoms with Crippen LogP contribution in [0.25, 0.3) is 10.9 Å². The molecule has 1 atom stereocenters. The molecular weight excluding hydrogens is 462 g/mol. The van der Waals surface area contributed by atoms with Crippen LogP contribution in [0.15, 0.2) is 48.7 Å². The van der Waals surface area contributed by atoms with Crippen LogP contribution in [0.3, 0.4) is 0 Å². The zero-order valence-electron chi connectivity index (χ0n) is 16.5. The smallest absolute Gasteiger partial charge is 0.329 e. The van der Waals surface area contributed by atoms with E-state index < -0.39 is 23.7 Å². The molecule has 0 aliphatic rings. The average Bonchev–Trinajstić information content (AvgIpc) is 2.76. The van der Waals surface area contributed by atoms with Crippen molar-refractivity contribution in [3.05, 3.63) is 75.7 Å². The molecule has 9 heteroatoms. The number of rotatable bonds is 8. The molecule has 0 saturated carbocycles. The monoisotopic (exact) mass is 480 g/mol. The Hall–Kier alpha value is -2.35. The van der Waals surface area contributed by atoms with Gasteiger partial charge in [-0.1, -0.05) is 29.3 Å². The number of pyridine rings is 1. The highest BCUT2D eigenvalue weighted by atomic mass is 35.5. The molecule has 1 N–H and O–H groups in total. The van der Waals surface area contributed by atoms with Crippen molar-refractivity contribution >= 4 is 57.7 Å². The minimum absolute atomic E-state index is 0.0973. The first-order valence-corrected chi connectivity index (χ1v) is 11.5. The Morgan fingerprint density at radius 1 is 1.23 bits per heavy atom. The second-order valence-electron chi connectivity index (χ2n) is 6.65. The van der Waals surface area contributed by atoms with E-state index in [1.54, 1.807) is 24.4 Å². The summed E-state index contributed by atoms with van der Waals surface area (Å²) in [5.41, 5.74) is 1.20. The van der Waals surface area contributed by atoms with Gasteiger partial charge in [0.2, 0.25) is 0 Å². The maximum Gasteiger partial charge on any atom is 0.329 e. The molecule has 162 valence electrons. The molecule has 31 heavy (non-hydrogen) atoms. The van der Waals surface area contributed by atoms with E-state index >= 15 is 0 Å². The maximum absolute atomic E-state index is 14.0. The number of nitrogens with zero attached hydrogens (tertiary/aromatic N) is 1. The van der Waals surface area contributed by atoms with E-state index in [0.29, 0.717) is 33.7 Å². The largest absolute Gasteiger partial charge is 0.459 e. The van der Waals surface area contributed by atoms with Gasteiger partial charge in [-0.2, -0.15) is 11.8 Å². The Morgan fingerprint density at radius 2 is 2.03 bits per heavy atom. The van der Waals surface area contributed by atoms with Crippen LogP contribution < -0.4 is 5.32 Å². The Kier molecular flexibility index (Phi) is 8.12. The lowest BCUT2D eigenvalue weighted by atomic mass is 10.1. The summed E-state index contributed by atoms with van der Waals surface area (Å²) >= 11 is 13.5. The van der Waals surface area contributed by atoms with E-state index in [2.05, 4.69) is 10.3 Å². The molecule has 1 aromatic heterocycles. The molecule has 0 spiro atoms. The van der Waals surface area contributed by atoms with Crippen molar-refractivity contribution in [2.75, 3.05) is 12.0 Å². The number of carbonyl (C=O) groups excluding carboxylic acids is 2. The van der Waals surface area contributed by atoms with Gasteiger partial charge in [0.25, 0.3) is 5.91 Å². The maximum atomic E-state index is 14.0. The summed E-state index contributed by atoms with van der Waals surface area (Å²) in [7, 11) is 0. The lowest BCUT2D eigenvalue weighted by molar-refractivity contribution is -0.147. The van der Waals surface area contributed by atoms with Crippen molar-refractivity contribution < 1.29 is 18.7 Å². The summed E-state index contributed by atoms with van der Waals surface area (Å²) in [4.78, 5) is 29.6. The topological polar surface area (TPSA) is 68.3 Å². The Labute approximate surface area is 193 Å². The molecule has 1 unspecified atom stereocenters. The first-order chi connectivity index (χ1) is 14.9. The number of amides is 1. The van der Waals surface area contributed by atoms with Gasteiger partial charge in [-0.25, -0.2) is 9.18 Å². The van der Waals surface area contributed by atoms with Crippen LogP contribution in [-0.2, 0) is 16.1 Å². The molecule has 0 radical (unpaired) electrons. The summed E-state index contributed by atoms with van der Waals surface area (Å²) < 4.78 is 19.4. The Morgan fingerprint density at radius 3 is 2.77 bits per heavy atom. The highest BCUT2D eigenvalue weighted by Gasteiger charge is 2.24. The minimum Gasteiger partial charge on any atom is -0.459 e. The third-order valence-electron chi connectivity index (χ3n) is 4.55. The highest BCUT2D eigenvalue weighted by Crippen LogP contribution is 2.22. The van der Waals surface area contributed by atoms with Gasteiger partial charge in [-0.3, -0.25) is 9.78 Å². The van der Waals surface area contributed by atoms with E-state index in [1.807, 2.05) is 6.26 Å². The van der Waals surface area contributed by atoms with Crippen LogP contribution in [-0.4, -0.2) is 34.9 Å². The van der Waals surface area contributed by atoms with E-state index in [0.717, 1.165) is 0 Å². The van der Waals surface area contributed by atoms with E-state index in [4.69, 9.17) is 27.9 Å². The molecule has 0 aliphatic heterocycles. The van der Waals surface area contributed by atoms with Crippen LogP contribution in [0.1, 0.15) is 22.3 Å². The number of carbonyl (C=O) groups is 2. The quantitative estimate of drug-likeness (QED) is 0.444. The Balaban J connectivity index is 1.73. The van der Waals surface area contributed by atoms with Crippen LogP contribution >= 0.6 is 35.0 Å². The summed E-state index contributed by atoms with van der Waals surface area (Å²) in [6, 6.07) is 9.71. The van der Waals surface area contributed by atoms with Gasteiger partial charge in [-0.15, -0.1) is 0 Å². The molecule has 0 aliphatic carbocycles. The number of hydrogen-bond donors (Lipinski definition) is 1. The van der Waals surface area contributed by atoms with Gasteiger partial charge in [0.15, 0.2) is 0 Å². The normalized spacial score (nSPS) is 11.9. The molecule has 0 saturated heterocycles. The third-order valence-corrected chi connectivity index (χ3v) is 5.74. The Bertz CT molecular complexity index is 1110. The van der Waals surface area contributed by atoms with Crippen molar-refractivity contribution in [3.63, 3.8) is 0 Å². The number of esters is 1. The van der Waals surface area contributed by atoms with Crippen molar-refractivity contribution in [2.45, 2.75) is 19.1 Å². The van der Waals surface area contributed by atoms with Gasteiger partial charge < -0.3 is 10.1 Å². The van der Waals surface area contributed by atoms with Crippen LogP contribution in [0.4, 0.5) is 4.39 Å². The van der Waals surface area contributed by atoms with Gasteiger partial charge in [0, 0.05) is 22.2 Å². The second-order valence-corrected chi connectivity index (χ2v) is 8.47. The van der Waals surface area contributed by atoms with E-state index in [1.165, 1.54) is 36.0 Å². The third kappa shape index (κ3) is 5.87. The van der Waals surface area contributed by atoms with Gasteiger partial charge in [0.05, 0.1) is 16.1 Å². The SMILES string of the molecule is CSCCC(NC(=O)c1ccc(Cl)cc1Cl)C(=O)OCc1ccc(F)c2cccnc12. The number of ether oxygens (including phenoxy) is 1. The fraction of sp³-hybridized carbons (Fsp3) is 0.227. The van der Waals surface area contributed by atoms with Crippen LogP contribution in [0, 0.1) is 5.82 Å². The number of thioether (sulfide) groups is 1. The van der Waals surface area contributed by atoms with Crippen molar-refractivity contribution in [2.24, 2.45) is 0 Å². The summed E-state index contributed by atoms with van der Waals surface area (Å²) in [6.07, 6.45) is 3.82. The molecule has 0 bridgehead atoms. The van der Waals surface area contributed by atoms with Crippen molar-refractivity contribution in [3.8, 4) is 0 Å². The molecule has 3 aromatic rings. The number of benzene rings is 2. The molecule has 1 heterocycles. The molecule has 5 nitrogen and oxygen atoms in total. The van der Waals surface area contributed by atoms with E-state index in [-0.39, 0.29) is 17.2 Å². The second kappa shape index (κ2) is 10.8. The lowest BCUT2D eigenvalue weighted by Crippen LogP contribution is -2.42. The number of fused-ring (bicyclic) bond motifs is 1. The van der Waals surface area contributed by atoms with Crippen LogP contribution in [0.2, 0.25) is 10.0 Å². The number of aromatic nitrogens is 1. The predicted molar refractivity (Wildman–Crippen MR) is 122 cm³/mol. The first kappa shape index (κ1) is 23.3. The van der Waals surface area contributed by atoms with Crippen molar-refractivity contribution in [1.29, 1.82) is 0 Å². The molecule has 1 amide bonds. The molecule has 3 rings (SSSR count). The highest BCUT2D eigenvalue weighted by molar-refractivity contribution is 7.98. The fourth-order valence-corrected chi connectivity index (χ4v) is 3.92. The van der Waals surface area contributed by atoms with Gasteiger partial charge in [0.1, 0.15) is 18.5 Å². The molecule has 2 aromatic carbocycles. The van der Waals surface area contributed by atoms with Crippen molar-refractivity contribution in [1.82, 2.24) is 10.3 Å². The van der Waals surface area contributed by atoms with Crippen LogP contribution in [0.5, 0.6) is 0 Å². The average molecular weight is 481 g/mol. The number of nitrogens with one attached hydrogen (secondary N) is 1. The standard InChI is InChI=1S/C22H19Cl2FN2O3S/c1-31-10-8-19(27-21(28)15-6-5-14(23)11-17(15)24)22(29)30-12-13-4-7-18(25)16-3-2-9-26-20(13)16/h2-7,9,11,19H,8,10,12H2,1H3,(H,27,28). The van der Waals surface area contributed by atoms with Gasteiger partial charge in [-0.05, 0) is 54.8 Å². The summed E-state index contributed by atoms with van der Waals surface area (Å²) in [6.45, 7) is -0.0973. The number of hydrogen-bond acceptors (Lipinski definition) is 5. The predicted octanol–water partition coefficient (Wildman–Crippen LogP) is 5.28. The van der Waals surface area contributed by atoms with Gasteiger partial charge >= 0.3 is 5.97 Å². The first-order valence-electron chi connectivity index (χ1n) is 9.34.